The maximum absolute atomic E-state index is 13.8. The average molecular weight is 581 g/mol. The van der Waals surface area contributed by atoms with Gasteiger partial charge < -0.3 is 19.7 Å². The molecule has 2 aromatic rings. The van der Waals surface area contributed by atoms with Gasteiger partial charge in [-0.3, -0.25) is 9.59 Å². The fraction of sp³-hybridized carbons (Fsp3) is 0.629. The van der Waals surface area contributed by atoms with E-state index < -0.39 is 23.2 Å². The van der Waals surface area contributed by atoms with Crippen molar-refractivity contribution in [3.05, 3.63) is 48.0 Å². The number of methoxy groups -OCH3 is 1. The van der Waals surface area contributed by atoms with Crippen LogP contribution in [0.3, 0.4) is 0 Å². The van der Waals surface area contributed by atoms with Gasteiger partial charge in [0.2, 0.25) is 5.91 Å². The molecule has 3 rings (SSSR count). The number of carbonyl (C=O) groups is 3. The number of fused-ring (bicyclic) bond motifs is 1. The molecule has 0 saturated carbocycles. The lowest BCUT2D eigenvalue weighted by Crippen LogP contribution is -2.54. The maximum Gasteiger partial charge on any atom is 0.408 e. The van der Waals surface area contributed by atoms with Crippen molar-refractivity contribution >= 4 is 28.7 Å². The summed E-state index contributed by atoms with van der Waals surface area (Å²) in [5.74, 6) is -0.336. The van der Waals surface area contributed by atoms with E-state index in [1.54, 1.807) is 4.90 Å². The fourth-order valence-electron chi connectivity index (χ4n) is 6.05. The molecule has 1 aliphatic heterocycles. The van der Waals surface area contributed by atoms with Crippen LogP contribution in [0.1, 0.15) is 104 Å². The highest BCUT2D eigenvalue weighted by Crippen LogP contribution is 2.38. The van der Waals surface area contributed by atoms with Crippen LogP contribution in [0.15, 0.2) is 42.5 Å². The van der Waals surface area contributed by atoms with E-state index in [1.165, 1.54) is 39.2 Å². The Labute approximate surface area is 252 Å². The van der Waals surface area contributed by atoms with Crippen molar-refractivity contribution in [3.63, 3.8) is 0 Å². The van der Waals surface area contributed by atoms with Crippen molar-refractivity contribution in [1.82, 2.24) is 10.2 Å². The highest BCUT2D eigenvalue weighted by atomic mass is 16.6. The lowest BCUT2D eigenvalue weighted by Gasteiger charge is -2.41. The average Bonchev–Trinajstić information content (AvgIpc) is 2.96. The molecule has 0 aromatic heterocycles. The van der Waals surface area contributed by atoms with Crippen LogP contribution < -0.4 is 5.32 Å². The van der Waals surface area contributed by atoms with E-state index >= 15 is 0 Å². The van der Waals surface area contributed by atoms with E-state index in [1.807, 2.05) is 39.0 Å². The molecule has 2 amide bonds. The van der Waals surface area contributed by atoms with Gasteiger partial charge in [-0.15, -0.1) is 0 Å². The second kappa shape index (κ2) is 15.9. The SMILES string of the molecule is CCCCCCCCCC[C@H](NC(=O)OC(C)(C)C)C(=O)N1CCC(Cc2cccc3ccccc23)(C(=O)OC)CC1. The minimum atomic E-state index is -0.707. The number of alkyl carbamates (subject to hydrolysis) is 1. The fourth-order valence-corrected chi connectivity index (χ4v) is 6.05. The minimum Gasteiger partial charge on any atom is -0.469 e. The number of hydrogen-bond donors (Lipinski definition) is 1. The molecule has 7 nitrogen and oxygen atoms in total. The first-order chi connectivity index (χ1) is 20.1. The number of carbonyl (C=O) groups excluding carboxylic acids is 3. The van der Waals surface area contributed by atoms with Crippen LogP contribution in [-0.4, -0.2) is 54.7 Å². The quantitative estimate of drug-likeness (QED) is 0.184. The Morgan fingerprint density at radius 3 is 2.17 bits per heavy atom. The molecule has 0 radical (unpaired) electrons. The number of nitrogens with zero attached hydrogens (tertiary/aromatic N) is 1. The van der Waals surface area contributed by atoms with Gasteiger partial charge >= 0.3 is 12.1 Å². The van der Waals surface area contributed by atoms with Crippen molar-refractivity contribution in [2.24, 2.45) is 5.41 Å². The van der Waals surface area contributed by atoms with Gasteiger partial charge in [0.25, 0.3) is 0 Å². The van der Waals surface area contributed by atoms with Crippen molar-refractivity contribution in [1.29, 1.82) is 0 Å². The Morgan fingerprint density at radius 1 is 0.905 bits per heavy atom. The van der Waals surface area contributed by atoms with Crippen molar-refractivity contribution in [2.45, 2.75) is 116 Å². The first kappa shape index (κ1) is 33.4. The zero-order chi connectivity index (χ0) is 30.6. The van der Waals surface area contributed by atoms with Crippen LogP contribution >= 0.6 is 0 Å². The number of amides is 2. The summed E-state index contributed by atoms with van der Waals surface area (Å²) in [4.78, 5) is 41.4. The van der Waals surface area contributed by atoms with Gasteiger partial charge in [-0.1, -0.05) is 101 Å². The zero-order valence-corrected chi connectivity index (χ0v) is 26.5. The van der Waals surface area contributed by atoms with Crippen LogP contribution in [-0.2, 0) is 25.5 Å². The molecule has 0 bridgehead atoms. The Hall–Kier alpha value is -3.09. The molecule has 0 spiro atoms. The lowest BCUT2D eigenvalue weighted by atomic mass is 9.73. The molecule has 1 atom stereocenters. The van der Waals surface area contributed by atoms with Gasteiger partial charge in [0.1, 0.15) is 11.6 Å². The van der Waals surface area contributed by atoms with Crippen molar-refractivity contribution < 1.29 is 23.9 Å². The molecule has 42 heavy (non-hydrogen) atoms. The van der Waals surface area contributed by atoms with Gasteiger partial charge in [-0.05, 0) is 62.8 Å². The minimum absolute atomic E-state index is 0.104. The zero-order valence-electron chi connectivity index (χ0n) is 26.5. The standard InChI is InChI=1S/C35H52N2O5/c1-6-7-8-9-10-11-12-13-21-30(36-33(40)42-34(2,3)4)31(38)37-24-22-35(23-25-37,32(39)41-5)26-28-19-16-18-27-17-14-15-20-29(27)28/h14-20,30H,6-13,21-26H2,1-5H3,(H,36,40)/t30-/m0/s1. The number of piperidine rings is 1. The van der Waals surface area contributed by atoms with Gasteiger partial charge in [0, 0.05) is 13.1 Å². The highest BCUT2D eigenvalue weighted by Gasteiger charge is 2.44. The summed E-state index contributed by atoms with van der Waals surface area (Å²) in [7, 11) is 1.44. The van der Waals surface area contributed by atoms with E-state index in [4.69, 9.17) is 9.47 Å². The smallest absolute Gasteiger partial charge is 0.408 e. The molecule has 1 fully saturated rings. The molecule has 0 aliphatic carbocycles. The number of ether oxygens (including phenoxy) is 2. The Balaban J connectivity index is 1.66. The Morgan fingerprint density at radius 2 is 1.52 bits per heavy atom. The first-order valence-corrected chi connectivity index (χ1v) is 15.9. The number of benzene rings is 2. The predicted octanol–water partition coefficient (Wildman–Crippen LogP) is 7.59. The van der Waals surface area contributed by atoms with Crippen molar-refractivity contribution in [2.75, 3.05) is 20.2 Å². The van der Waals surface area contributed by atoms with Gasteiger partial charge in [0.15, 0.2) is 0 Å². The summed E-state index contributed by atoms with van der Waals surface area (Å²) in [5, 5.41) is 5.13. The molecule has 232 valence electrons. The van der Waals surface area contributed by atoms with Crippen LogP contribution in [0.5, 0.6) is 0 Å². The maximum atomic E-state index is 13.8. The monoisotopic (exact) mass is 580 g/mol. The third-order valence-electron chi connectivity index (χ3n) is 8.39. The van der Waals surface area contributed by atoms with E-state index in [2.05, 4.69) is 36.5 Å². The summed E-state index contributed by atoms with van der Waals surface area (Å²) in [6.07, 6.45) is 10.8. The number of esters is 1. The largest absolute Gasteiger partial charge is 0.469 e. The molecular weight excluding hydrogens is 528 g/mol. The summed E-state index contributed by atoms with van der Waals surface area (Å²) in [5.41, 5.74) is -0.248. The highest BCUT2D eigenvalue weighted by molar-refractivity contribution is 5.88. The molecular formula is C35H52N2O5. The third-order valence-corrected chi connectivity index (χ3v) is 8.39. The summed E-state index contributed by atoms with van der Waals surface area (Å²) >= 11 is 0. The summed E-state index contributed by atoms with van der Waals surface area (Å²) in [6, 6.07) is 13.7. The molecule has 2 aromatic carbocycles. The molecule has 1 heterocycles. The van der Waals surface area contributed by atoms with Crippen LogP contribution in [0, 0.1) is 5.41 Å². The van der Waals surface area contributed by atoms with Crippen LogP contribution in [0.2, 0.25) is 0 Å². The van der Waals surface area contributed by atoms with Crippen LogP contribution in [0.25, 0.3) is 10.8 Å². The Kier molecular flexibility index (Phi) is 12.7. The van der Waals surface area contributed by atoms with Gasteiger partial charge in [-0.25, -0.2) is 4.79 Å². The number of unbranched alkanes of at least 4 members (excludes halogenated alkanes) is 7. The molecule has 1 aliphatic rings. The van der Waals surface area contributed by atoms with Crippen LogP contribution in [0.4, 0.5) is 4.79 Å². The topological polar surface area (TPSA) is 84.9 Å². The molecule has 1 saturated heterocycles. The molecule has 1 N–H and O–H groups in total. The number of nitrogens with one attached hydrogen (secondary N) is 1. The number of hydrogen-bond acceptors (Lipinski definition) is 5. The van der Waals surface area contributed by atoms with Crippen molar-refractivity contribution in [3.8, 4) is 0 Å². The van der Waals surface area contributed by atoms with Gasteiger partial charge in [-0.2, -0.15) is 0 Å². The van der Waals surface area contributed by atoms with E-state index in [0.29, 0.717) is 38.8 Å². The third kappa shape index (κ3) is 9.74. The second-order valence-electron chi connectivity index (χ2n) is 12.9. The summed E-state index contributed by atoms with van der Waals surface area (Å²) < 4.78 is 10.8. The first-order valence-electron chi connectivity index (χ1n) is 15.9. The number of likely N-dealkylation sites (tertiary alicyclic amines) is 1. The lowest BCUT2D eigenvalue weighted by molar-refractivity contribution is -0.158. The molecule has 0 unspecified atom stereocenters. The molecule has 7 heteroatoms. The predicted molar refractivity (Wildman–Crippen MR) is 168 cm³/mol. The van der Waals surface area contributed by atoms with E-state index in [9.17, 15) is 14.4 Å². The van der Waals surface area contributed by atoms with Gasteiger partial charge in [0.05, 0.1) is 12.5 Å². The number of rotatable bonds is 14. The van der Waals surface area contributed by atoms with E-state index in [0.717, 1.165) is 35.6 Å². The summed E-state index contributed by atoms with van der Waals surface area (Å²) in [6.45, 7) is 8.53. The second-order valence-corrected chi connectivity index (χ2v) is 12.9. The van der Waals surface area contributed by atoms with E-state index in [-0.39, 0.29) is 11.9 Å². The Bertz CT molecular complexity index is 1160. The normalized spacial score (nSPS) is 15.7.